The molecule has 2 heterocycles. The third-order valence-electron chi connectivity index (χ3n) is 4.64. The maximum Gasteiger partial charge on any atom is 0.251 e. The van der Waals surface area contributed by atoms with Crippen molar-refractivity contribution in [3.63, 3.8) is 0 Å². The van der Waals surface area contributed by atoms with E-state index >= 15 is 0 Å². The Balaban J connectivity index is 1.81. The number of hydrogen-bond acceptors (Lipinski definition) is 4. The highest BCUT2D eigenvalue weighted by atomic mass is 32.2. The highest BCUT2D eigenvalue weighted by Crippen LogP contribution is 2.20. The summed E-state index contributed by atoms with van der Waals surface area (Å²) in [6.45, 7) is 4.51. The lowest BCUT2D eigenvalue weighted by atomic mass is 10.1. The zero-order valence-corrected chi connectivity index (χ0v) is 16.3. The van der Waals surface area contributed by atoms with Crippen molar-refractivity contribution < 1.29 is 13.2 Å². The molecular formula is C19H23N3O4S. The highest BCUT2D eigenvalue weighted by Gasteiger charge is 2.27. The second-order valence-corrected chi connectivity index (χ2v) is 8.75. The number of pyridine rings is 1. The molecule has 7 nitrogen and oxygen atoms in total. The van der Waals surface area contributed by atoms with Crippen molar-refractivity contribution in [1.82, 2.24) is 8.87 Å². The van der Waals surface area contributed by atoms with E-state index in [0.717, 1.165) is 28.5 Å². The molecule has 144 valence electrons. The molecule has 2 aromatic rings. The molecule has 0 aliphatic carbocycles. The molecule has 8 heteroatoms. The van der Waals surface area contributed by atoms with Gasteiger partial charge < -0.3 is 9.88 Å². The number of sulfonamides is 1. The Morgan fingerprint density at radius 3 is 2.52 bits per heavy atom. The maximum atomic E-state index is 12.7. The van der Waals surface area contributed by atoms with Crippen LogP contribution in [0.3, 0.4) is 0 Å². The average molecular weight is 389 g/mol. The number of aryl methyl sites for hydroxylation is 2. The molecule has 27 heavy (non-hydrogen) atoms. The van der Waals surface area contributed by atoms with E-state index < -0.39 is 15.6 Å². The van der Waals surface area contributed by atoms with E-state index in [1.807, 2.05) is 32.0 Å². The van der Waals surface area contributed by atoms with Crippen LogP contribution in [0.25, 0.3) is 0 Å². The third kappa shape index (κ3) is 4.28. The Bertz CT molecular complexity index is 1020. The van der Waals surface area contributed by atoms with Gasteiger partial charge >= 0.3 is 0 Å². The molecule has 0 spiro atoms. The zero-order chi connectivity index (χ0) is 19.6. The number of anilines is 1. The first-order chi connectivity index (χ1) is 12.8. The van der Waals surface area contributed by atoms with Crippen LogP contribution in [0.5, 0.6) is 0 Å². The van der Waals surface area contributed by atoms with Crippen LogP contribution in [-0.2, 0) is 21.4 Å². The second-order valence-electron chi connectivity index (χ2n) is 6.81. The van der Waals surface area contributed by atoms with E-state index in [2.05, 4.69) is 5.32 Å². The number of amides is 1. The molecule has 1 aromatic carbocycles. The lowest BCUT2D eigenvalue weighted by Crippen LogP contribution is -2.31. The number of benzene rings is 1. The van der Waals surface area contributed by atoms with Gasteiger partial charge in [0.15, 0.2) is 0 Å². The summed E-state index contributed by atoms with van der Waals surface area (Å²) < 4.78 is 27.9. The molecule has 1 saturated heterocycles. The molecule has 0 radical (unpaired) electrons. The van der Waals surface area contributed by atoms with Crippen LogP contribution >= 0.6 is 0 Å². The molecule has 1 aromatic heterocycles. The minimum atomic E-state index is -3.64. The molecule has 1 N–H and O–H groups in total. The molecule has 1 aliphatic heterocycles. The van der Waals surface area contributed by atoms with Gasteiger partial charge in [-0.2, -0.15) is 4.31 Å². The standard InChI is InChI=1S/C19H23N3O4S/c1-14-5-6-15(2)17(11-14)20-18(23)13-21-12-16(7-8-19(21)24)27(25,26)22-9-3-4-10-22/h5-8,11-12H,3-4,9-10,13H2,1-2H3,(H,20,23). The Labute approximate surface area is 158 Å². The number of nitrogens with one attached hydrogen (secondary N) is 1. The Hall–Kier alpha value is -2.45. The highest BCUT2D eigenvalue weighted by molar-refractivity contribution is 7.89. The van der Waals surface area contributed by atoms with Crippen molar-refractivity contribution in [1.29, 1.82) is 0 Å². The Morgan fingerprint density at radius 1 is 1.11 bits per heavy atom. The largest absolute Gasteiger partial charge is 0.324 e. The first-order valence-corrected chi connectivity index (χ1v) is 10.3. The van der Waals surface area contributed by atoms with E-state index in [1.165, 1.54) is 22.6 Å². The van der Waals surface area contributed by atoms with Gasteiger partial charge in [-0.3, -0.25) is 9.59 Å². The fourth-order valence-electron chi connectivity index (χ4n) is 3.08. The summed E-state index contributed by atoms with van der Waals surface area (Å²) in [5.74, 6) is -0.387. The van der Waals surface area contributed by atoms with E-state index in [-0.39, 0.29) is 17.3 Å². The Morgan fingerprint density at radius 2 is 1.81 bits per heavy atom. The van der Waals surface area contributed by atoms with E-state index in [4.69, 9.17) is 0 Å². The predicted octanol–water partition coefficient (Wildman–Crippen LogP) is 1.89. The minimum Gasteiger partial charge on any atom is -0.324 e. The fourth-order valence-corrected chi connectivity index (χ4v) is 4.62. The summed E-state index contributed by atoms with van der Waals surface area (Å²) in [7, 11) is -3.64. The molecule has 0 atom stereocenters. The number of rotatable bonds is 5. The summed E-state index contributed by atoms with van der Waals surface area (Å²) in [5, 5.41) is 2.78. The van der Waals surface area contributed by atoms with Gasteiger partial charge in [-0.1, -0.05) is 12.1 Å². The van der Waals surface area contributed by atoms with Crippen molar-refractivity contribution in [2.75, 3.05) is 18.4 Å². The predicted molar refractivity (Wildman–Crippen MR) is 103 cm³/mol. The van der Waals surface area contributed by atoms with Crippen molar-refractivity contribution in [3.05, 3.63) is 58.0 Å². The monoisotopic (exact) mass is 389 g/mol. The van der Waals surface area contributed by atoms with Crippen molar-refractivity contribution in [3.8, 4) is 0 Å². The van der Waals surface area contributed by atoms with Gasteiger partial charge in [0.1, 0.15) is 6.54 Å². The van der Waals surface area contributed by atoms with Gasteiger partial charge in [-0.25, -0.2) is 8.42 Å². The molecule has 3 rings (SSSR count). The van der Waals surface area contributed by atoms with Crippen LogP contribution in [0.4, 0.5) is 5.69 Å². The smallest absolute Gasteiger partial charge is 0.251 e. The molecule has 0 bridgehead atoms. The number of nitrogens with zero attached hydrogens (tertiary/aromatic N) is 2. The number of aromatic nitrogens is 1. The van der Waals surface area contributed by atoms with Gasteiger partial charge in [0.25, 0.3) is 5.56 Å². The fraction of sp³-hybridized carbons (Fsp3) is 0.368. The topological polar surface area (TPSA) is 88.5 Å². The van der Waals surface area contributed by atoms with E-state index in [9.17, 15) is 18.0 Å². The summed E-state index contributed by atoms with van der Waals surface area (Å²) >= 11 is 0. The second kappa shape index (κ2) is 7.66. The van der Waals surface area contributed by atoms with Crippen molar-refractivity contribution >= 4 is 21.6 Å². The van der Waals surface area contributed by atoms with Crippen LogP contribution in [0.1, 0.15) is 24.0 Å². The molecule has 1 fully saturated rings. The first-order valence-electron chi connectivity index (χ1n) is 8.85. The molecule has 1 aliphatic rings. The van der Waals surface area contributed by atoms with Crippen molar-refractivity contribution in [2.45, 2.75) is 38.1 Å². The average Bonchev–Trinajstić information content (AvgIpc) is 3.15. The number of hydrogen-bond donors (Lipinski definition) is 1. The minimum absolute atomic E-state index is 0.0311. The summed E-state index contributed by atoms with van der Waals surface area (Å²) in [6.07, 6.45) is 2.91. The summed E-state index contributed by atoms with van der Waals surface area (Å²) in [4.78, 5) is 24.5. The van der Waals surface area contributed by atoms with E-state index in [0.29, 0.717) is 18.8 Å². The number of carbonyl (C=O) groups excluding carboxylic acids is 1. The van der Waals surface area contributed by atoms with Crippen LogP contribution < -0.4 is 10.9 Å². The lowest BCUT2D eigenvalue weighted by molar-refractivity contribution is -0.116. The number of carbonyl (C=O) groups is 1. The maximum absolute atomic E-state index is 12.7. The first kappa shape index (κ1) is 19.3. The Kier molecular flexibility index (Phi) is 5.48. The normalized spacial score (nSPS) is 15.0. The SMILES string of the molecule is Cc1ccc(C)c(NC(=O)Cn2cc(S(=O)(=O)N3CCCC3)ccc2=O)c1. The molecule has 0 saturated carbocycles. The summed E-state index contributed by atoms with van der Waals surface area (Å²) in [6, 6.07) is 8.19. The molecular weight excluding hydrogens is 366 g/mol. The van der Waals surface area contributed by atoms with E-state index in [1.54, 1.807) is 0 Å². The van der Waals surface area contributed by atoms with Gasteiger partial charge in [-0.05, 0) is 49.9 Å². The quantitative estimate of drug-likeness (QED) is 0.846. The molecule has 1 amide bonds. The lowest BCUT2D eigenvalue weighted by Gasteiger charge is -2.16. The van der Waals surface area contributed by atoms with Crippen LogP contribution in [0.15, 0.2) is 46.2 Å². The van der Waals surface area contributed by atoms with Gasteiger partial charge in [0.2, 0.25) is 15.9 Å². The van der Waals surface area contributed by atoms with Gasteiger partial charge in [-0.15, -0.1) is 0 Å². The van der Waals surface area contributed by atoms with Crippen molar-refractivity contribution in [2.24, 2.45) is 0 Å². The van der Waals surface area contributed by atoms with Gasteiger partial charge in [0.05, 0.1) is 4.90 Å². The molecule has 0 unspecified atom stereocenters. The zero-order valence-electron chi connectivity index (χ0n) is 15.4. The summed E-state index contributed by atoms with van der Waals surface area (Å²) in [5.41, 5.74) is 2.17. The van der Waals surface area contributed by atoms with Gasteiger partial charge in [0, 0.05) is 31.0 Å². The third-order valence-corrected chi connectivity index (χ3v) is 6.52. The van der Waals surface area contributed by atoms with Crippen LogP contribution in [0, 0.1) is 13.8 Å². The van der Waals surface area contributed by atoms with Crippen LogP contribution in [-0.4, -0.2) is 36.3 Å². The van der Waals surface area contributed by atoms with Crippen LogP contribution in [0.2, 0.25) is 0 Å².